The number of hydrogen-bond acceptors (Lipinski definition) is 6. The molecule has 4 rings (SSSR count). The highest BCUT2D eigenvalue weighted by Crippen LogP contribution is 2.30. The van der Waals surface area contributed by atoms with E-state index in [1.165, 1.54) is 18.2 Å². The van der Waals surface area contributed by atoms with Gasteiger partial charge in [-0.05, 0) is 37.1 Å². The topological polar surface area (TPSA) is 87.0 Å². The van der Waals surface area contributed by atoms with E-state index in [0.29, 0.717) is 49.4 Å². The SMILES string of the molecule is CCC(=O)c1ccc(N2CCN(C(=O)c3cc([N+](=O)[O-])ccc3N3CCCC3)CC2)c(F)c1. The van der Waals surface area contributed by atoms with Gasteiger partial charge in [-0.1, -0.05) is 6.92 Å². The van der Waals surface area contributed by atoms with Gasteiger partial charge in [0.1, 0.15) is 5.82 Å². The van der Waals surface area contributed by atoms with E-state index in [1.807, 2.05) is 4.90 Å². The normalized spacial score (nSPS) is 16.2. The van der Waals surface area contributed by atoms with E-state index in [4.69, 9.17) is 0 Å². The Morgan fingerprint density at radius 2 is 1.58 bits per heavy atom. The second kappa shape index (κ2) is 9.56. The minimum Gasteiger partial charge on any atom is -0.371 e. The van der Waals surface area contributed by atoms with Crippen LogP contribution < -0.4 is 9.80 Å². The summed E-state index contributed by atoms with van der Waals surface area (Å²) in [4.78, 5) is 41.6. The number of nitro groups is 1. The lowest BCUT2D eigenvalue weighted by Crippen LogP contribution is -2.49. The van der Waals surface area contributed by atoms with Gasteiger partial charge in [-0.3, -0.25) is 19.7 Å². The summed E-state index contributed by atoms with van der Waals surface area (Å²) >= 11 is 0. The molecule has 1 amide bonds. The summed E-state index contributed by atoms with van der Waals surface area (Å²) in [6.45, 7) is 4.98. The molecule has 174 valence electrons. The molecule has 0 N–H and O–H groups in total. The summed E-state index contributed by atoms with van der Waals surface area (Å²) in [5.41, 5.74) is 1.72. The number of halogens is 1. The van der Waals surface area contributed by atoms with E-state index in [0.717, 1.165) is 31.6 Å². The molecule has 8 nitrogen and oxygen atoms in total. The first kappa shape index (κ1) is 22.7. The predicted molar refractivity (Wildman–Crippen MR) is 124 cm³/mol. The number of non-ortho nitro benzene ring substituents is 1. The number of Topliss-reactive ketones (excluding diaryl/α,β-unsaturated/α-hetero) is 1. The Hall–Kier alpha value is -3.49. The van der Waals surface area contributed by atoms with E-state index >= 15 is 0 Å². The largest absolute Gasteiger partial charge is 0.371 e. The van der Waals surface area contributed by atoms with Crippen molar-refractivity contribution in [3.63, 3.8) is 0 Å². The maximum Gasteiger partial charge on any atom is 0.270 e. The van der Waals surface area contributed by atoms with Gasteiger partial charge in [0.15, 0.2) is 5.78 Å². The van der Waals surface area contributed by atoms with Crippen molar-refractivity contribution in [1.82, 2.24) is 4.90 Å². The summed E-state index contributed by atoms with van der Waals surface area (Å²) in [5.74, 6) is -0.810. The minimum atomic E-state index is -0.488. The Bertz CT molecular complexity index is 1080. The zero-order valence-electron chi connectivity index (χ0n) is 18.6. The number of anilines is 2. The Morgan fingerprint density at radius 3 is 2.18 bits per heavy atom. The molecule has 0 spiro atoms. The third-order valence-electron chi connectivity index (χ3n) is 6.37. The molecule has 2 saturated heterocycles. The lowest BCUT2D eigenvalue weighted by atomic mass is 10.1. The predicted octanol–water partition coefficient (Wildman–Crippen LogP) is 3.89. The lowest BCUT2D eigenvalue weighted by molar-refractivity contribution is -0.384. The van der Waals surface area contributed by atoms with Crippen molar-refractivity contribution >= 4 is 28.8 Å². The van der Waals surface area contributed by atoms with Crippen molar-refractivity contribution < 1.29 is 18.9 Å². The number of ketones is 1. The molecule has 0 radical (unpaired) electrons. The standard InChI is InChI=1S/C24H27FN4O4/c1-2-23(30)17-5-7-22(20(25)15-17)27-11-13-28(14-12-27)24(31)19-16-18(29(32)33)6-8-21(19)26-9-3-4-10-26/h5-8,15-16H,2-4,9-14H2,1H3. The van der Waals surface area contributed by atoms with E-state index in [9.17, 15) is 24.1 Å². The number of hydrogen-bond donors (Lipinski definition) is 0. The molecule has 0 aliphatic carbocycles. The molecule has 2 fully saturated rings. The highest BCUT2D eigenvalue weighted by atomic mass is 19.1. The molecule has 2 heterocycles. The summed E-state index contributed by atoms with van der Waals surface area (Å²) in [6.07, 6.45) is 2.37. The smallest absolute Gasteiger partial charge is 0.270 e. The lowest BCUT2D eigenvalue weighted by Gasteiger charge is -2.36. The maximum absolute atomic E-state index is 14.7. The van der Waals surface area contributed by atoms with Crippen molar-refractivity contribution in [2.45, 2.75) is 26.2 Å². The Kier molecular flexibility index (Phi) is 6.57. The molecular weight excluding hydrogens is 427 g/mol. The fourth-order valence-electron chi connectivity index (χ4n) is 4.50. The molecule has 2 aromatic carbocycles. The number of carbonyl (C=O) groups is 2. The van der Waals surface area contributed by atoms with E-state index in [1.54, 1.807) is 30.0 Å². The van der Waals surface area contributed by atoms with Crippen LogP contribution in [0.1, 0.15) is 46.9 Å². The first-order chi connectivity index (χ1) is 15.9. The van der Waals surface area contributed by atoms with Crippen LogP contribution in [0.15, 0.2) is 36.4 Å². The molecule has 33 heavy (non-hydrogen) atoms. The second-order valence-corrected chi connectivity index (χ2v) is 8.37. The van der Waals surface area contributed by atoms with Crippen molar-refractivity contribution in [2.75, 3.05) is 49.1 Å². The summed E-state index contributed by atoms with van der Waals surface area (Å²) in [6, 6.07) is 8.99. The molecule has 0 unspecified atom stereocenters. The van der Waals surface area contributed by atoms with Crippen LogP contribution in [-0.4, -0.2) is 60.8 Å². The molecule has 0 aromatic heterocycles. The highest BCUT2D eigenvalue weighted by Gasteiger charge is 2.28. The van der Waals surface area contributed by atoms with Gasteiger partial charge in [-0.15, -0.1) is 0 Å². The van der Waals surface area contributed by atoms with Crippen LogP contribution in [0.3, 0.4) is 0 Å². The molecule has 0 atom stereocenters. The van der Waals surface area contributed by atoms with Gasteiger partial charge in [0, 0.05) is 63.4 Å². The van der Waals surface area contributed by atoms with Crippen molar-refractivity contribution in [2.24, 2.45) is 0 Å². The summed E-state index contributed by atoms with van der Waals surface area (Å²) < 4.78 is 14.7. The fourth-order valence-corrected chi connectivity index (χ4v) is 4.50. The van der Waals surface area contributed by atoms with Crippen LogP contribution in [0.2, 0.25) is 0 Å². The van der Waals surface area contributed by atoms with Gasteiger partial charge in [-0.25, -0.2) is 4.39 Å². The maximum atomic E-state index is 14.7. The number of carbonyl (C=O) groups excluding carboxylic acids is 2. The molecule has 9 heteroatoms. The Balaban J connectivity index is 1.50. The van der Waals surface area contributed by atoms with Gasteiger partial charge >= 0.3 is 0 Å². The number of rotatable bonds is 6. The van der Waals surface area contributed by atoms with E-state index < -0.39 is 10.7 Å². The molecule has 2 aliphatic rings. The molecular formula is C24H27FN4O4. The number of nitro benzene ring substituents is 1. The number of benzene rings is 2. The van der Waals surface area contributed by atoms with Crippen molar-refractivity contribution in [3.8, 4) is 0 Å². The van der Waals surface area contributed by atoms with Crippen LogP contribution in [0.25, 0.3) is 0 Å². The van der Waals surface area contributed by atoms with Crippen LogP contribution in [0.4, 0.5) is 21.5 Å². The average Bonchev–Trinajstić information content (AvgIpc) is 3.37. The van der Waals surface area contributed by atoms with Crippen LogP contribution in [0, 0.1) is 15.9 Å². The number of nitrogens with zero attached hydrogens (tertiary/aromatic N) is 4. The fraction of sp³-hybridized carbons (Fsp3) is 0.417. The van der Waals surface area contributed by atoms with Gasteiger partial charge in [0.25, 0.3) is 11.6 Å². The Labute approximate surface area is 191 Å². The summed E-state index contributed by atoms with van der Waals surface area (Å²) in [7, 11) is 0. The number of piperazine rings is 1. The summed E-state index contributed by atoms with van der Waals surface area (Å²) in [5, 5.41) is 11.3. The quantitative estimate of drug-likeness (QED) is 0.374. The molecule has 0 bridgehead atoms. The third-order valence-corrected chi connectivity index (χ3v) is 6.37. The van der Waals surface area contributed by atoms with Gasteiger partial charge in [0.2, 0.25) is 0 Å². The van der Waals surface area contributed by atoms with Gasteiger partial charge in [0.05, 0.1) is 21.9 Å². The van der Waals surface area contributed by atoms with Crippen LogP contribution >= 0.6 is 0 Å². The first-order valence-electron chi connectivity index (χ1n) is 11.3. The van der Waals surface area contributed by atoms with Gasteiger partial charge < -0.3 is 14.7 Å². The molecule has 0 saturated carbocycles. The van der Waals surface area contributed by atoms with Crippen molar-refractivity contribution in [1.29, 1.82) is 0 Å². The minimum absolute atomic E-state index is 0.108. The number of amides is 1. The highest BCUT2D eigenvalue weighted by molar-refractivity contribution is 6.01. The monoisotopic (exact) mass is 454 g/mol. The first-order valence-corrected chi connectivity index (χ1v) is 11.3. The van der Waals surface area contributed by atoms with E-state index in [2.05, 4.69) is 4.90 Å². The van der Waals surface area contributed by atoms with Crippen molar-refractivity contribution in [3.05, 3.63) is 63.5 Å². The van der Waals surface area contributed by atoms with E-state index in [-0.39, 0.29) is 17.4 Å². The Morgan fingerprint density at radius 1 is 0.939 bits per heavy atom. The second-order valence-electron chi connectivity index (χ2n) is 8.37. The van der Waals surface area contributed by atoms with Crippen LogP contribution in [-0.2, 0) is 0 Å². The molecule has 2 aliphatic heterocycles. The third kappa shape index (κ3) is 4.67. The zero-order valence-corrected chi connectivity index (χ0v) is 18.6. The zero-order chi connectivity index (χ0) is 23.5. The molecule has 2 aromatic rings. The average molecular weight is 455 g/mol. The van der Waals surface area contributed by atoms with Gasteiger partial charge in [-0.2, -0.15) is 0 Å². The van der Waals surface area contributed by atoms with Crippen LogP contribution in [0.5, 0.6) is 0 Å².